The summed E-state index contributed by atoms with van der Waals surface area (Å²) >= 11 is 5.71. The first-order chi connectivity index (χ1) is 29.9. The van der Waals surface area contributed by atoms with Crippen molar-refractivity contribution in [3.05, 3.63) is 124 Å². The van der Waals surface area contributed by atoms with Gasteiger partial charge in [0, 0.05) is 35.3 Å². The van der Waals surface area contributed by atoms with E-state index in [4.69, 9.17) is 26.8 Å². The van der Waals surface area contributed by atoms with Crippen LogP contribution in [0.1, 0.15) is 127 Å². The molecule has 12 nitrogen and oxygen atoms in total. The topological polar surface area (TPSA) is 166 Å². The van der Waals surface area contributed by atoms with Gasteiger partial charge in [0.25, 0.3) is 0 Å². The van der Waals surface area contributed by atoms with E-state index in [0.717, 1.165) is 92.7 Å². The number of nitrogens with two attached hydrogens (primary N) is 1. The molecule has 4 aliphatic carbocycles. The number of carbonyl (C=O) groups is 2. The molecule has 2 aromatic carbocycles. The average Bonchev–Trinajstić information content (AvgIpc) is 3.84. The Balaban J connectivity index is 0.000000174. The van der Waals surface area contributed by atoms with Crippen LogP contribution in [0.15, 0.2) is 73.1 Å². The van der Waals surface area contributed by atoms with Crippen molar-refractivity contribution < 1.29 is 27.8 Å². The zero-order valence-electron chi connectivity index (χ0n) is 36.9. The van der Waals surface area contributed by atoms with Crippen LogP contribution < -0.4 is 21.7 Å². The quantitative estimate of drug-likeness (QED) is 0.137. The first-order valence-corrected chi connectivity index (χ1v) is 22.1. The van der Waals surface area contributed by atoms with Gasteiger partial charge in [-0.3, -0.25) is 0 Å². The standard InChI is InChI=1S/C24H29FN4O2.C13H8ClFN2.C11H22N2O2/c1-24(2,3)31-23(30)28-17-9-6-8-16(13-17)27-22-26-14-20(25)21(29-22)19-12-11-15-7-4-5-10-18(15)19;14-13-16-7-11(15)12(17-13)10-6-5-8-3-1-2-4-9(8)10;1-11(2,3)15-10(14)13-9-6-4-5-8(12)7-9/h4-5,7,10,12,14,16-17H,6,8-9,11,13H2,1-3H3,(H,28,30)(H,26,27,29);1-4,6-7H,5H2;8-9H,4-7,12H2,1-3H3,(H,13,14)/t16-,17+;;8-,9+/m1.1/s1. The number of carbonyl (C=O) groups excluding carboxylic acids is 2. The Labute approximate surface area is 373 Å². The molecular weight excluding hydrogens is 826 g/mol. The number of ether oxygens (including phenoxy) is 2. The molecule has 2 heterocycles. The summed E-state index contributed by atoms with van der Waals surface area (Å²) in [6, 6.07) is 16.4. The number of hydrogen-bond donors (Lipinski definition) is 4. The second-order valence-electron chi connectivity index (χ2n) is 18.3. The van der Waals surface area contributed by atoms with Crippen LogP contribution >= 0.6 is 11.6 Å². The largest absolute Gasteiger partial charge is 0.444 e. The molecule has 15 heteroatoms. The van der Waals surface area contributed by atoms with Gasteiger partial charge in [-0.1, -0.05) is 60.7 Å². The van der Waals surface area contributed by atoms with E-state index in [1.54, 1.807) is 0 Å². The van der Waals surface area contributed by atoms with Gasteiger partial charge in [0.1, 0.15) is 22.6 Å². The lowest BCUT2D eigenvalue weighted by Gasteiger charge is -2.31. The van der Waals surface area contributed by atoms with Gasteiger partial charge in [-0.05, 0) is 140 Å². The SMILES string of the molecule is CC(C)(C)OC(=O)N[C@H]1CCC[C@@H](N)C1.CC(C)(C)OC(=O)N[C@H]1CCC[C@@H](Nc2ncc(F)c(C3=CCc4ccccc43)n2)C1.Fc1cnc(Cl)nc1C1=CCc2ccccc21. The lowest BCUT2D eigenvalue weighted by Crippen LogP contribution is -2.44. The van der Waals surface area contributed by atoms with Crippen molar-refractivity contribution in [1.82, 2.24) is 30.6 Å². The fraction of sp³-hybridized carbons (Fsp3) is 0.458. The highest BCUT2D eigenvalue weighted by molar-refractivity contribution is 6.28. The van der Waals surface area contributed by atoms with Crippen molar-refractivity contribution in [2.75, 3.05) is 5.32 Å². The fourth-order valence-electron chi connectivity index (χ4n) is 8.12. The molecule has 0 bridgehead atoms. The van der Waals surface area contributed by atoms with Crippen molar-refractivity contribution in [3.63, 3.8) is 0 Å². The molecule has 8 rings (SSSR count). The number of nitrogens with one attached hydrogen (secondary N) is 3. The molecule has 0 saturated heterocycles. The summed E-state index contributed by atoms with van der Waals surface area (Å²) in [6.07, 6.45) is 14.7. The lowest BCUT2D eigenvalue weighted by molar-refractivity contribution is 0.0479. The van der Waals surface area contributed by atoms with Gasteiger partial charge in [0.2, 0.25) is 11.2 Å². The lowest BCUT2D eigenvalue weighted by atomic mass is 9.91. The van der Waals surface area contributed by atoms with Gasteiger partial charge in [0.05, 0.1) is 12.4 Å². The molecule has 4 atom stereocenters. The highest BCUT2D eigenvalue weighted by Crippen LogP contribution is 2.34. The summed E-state index contributed by atoms with van der Waals surface area (Å²) in [5, 5.41) is 9.22. The van der Waals surface area contributed by atoms with E-state index in [1.165, 1.54) is 17.3 Å². The van der Waals surface area contributed by atoms with E-state index in [9.17, 15) is 18.4 Å². The number of fused-ring (bicyclic) bond motifs is 2. The number of halogens is 3. The average molecular weight is 886 g/mol. The minimum absolute atomic E-state index is 0.0189. The van der Waals surface area contributed by atoms with Gasteiger partial charge in [0.15, 0.2) is 11.6 Å². The normalized spacial score (nSPS) is 20.2. The van der Waals surface area contributed by atoms with Crippen molar-refractivity contribution in [3.8, 4) is 0 Å². The van der Waals surface area contributed by atoms with E-state index >= 15 is 0 Å². The number of allylic oxidation sites excluding steroid dienone is 2. The van der Waals surface area contributed by atoms with Crippen molar-refractivity contribution in [2.45, 2.75) is 141 Å². The van der Waals surface area contributed by atoms with Crippen molar-refractivity contribution >= 4 is 40.9 Å². The van der Waals surface area contributed by atoms with Crippen LogP contribution in [-0.4, -0.2) is 67.5 Å². The fourth-order valence-corrected chi connectivity index (χ4v) is 8.25. The van der Waals surface area contributed by atoms with E-state index < -0.39 is 28.9 Å². The molecule has 4 aromatic rings. The Bertz CT molecular complexity index is 2310. The molecule has 63 heavy (non-hydrogen) atoms. The first-order valence-electron chi connectivity index (χ1n) is 21.7. The van der Waals surface area contributed by atoms with Gasteiger partial charge < -0.3 is 31.2 Å². The zero-order valence-corrected chi connectivity index (χ0v) is 37.7. The third kappa shape index (κ3) is 13.8. The Hall–Kier alpha value is -5.47. The number of benzene rings is 2. The third-order valence-corrected chi connectivity index (χ3v) is 11.0. The second kappa shape index (κ2) is 20.8. The zero-order chi connectivity index (χ0) is 45.3. The summed E-state index contributed by atoms with van der Waals surface area (Å²) in [7, 11) is 0. The van der Waals surface area contributed by atoms with Crippen molar-refractivity contribution in [2.24, 2.45) is 5.73 Å². The number of anilines is 1. The highest BCUT2D eigenvalue weighted by Gasteiger charge is 2.28. The Morgan fingerprint density at radius 2 is 1.16 bits per heavy atom. The van der Waals surface area contributed by atoms with E-state index in [1.807, 2.05) is 96.2 Å². The molecule has 2 fully saturated rings. The Morgan fingerprint density at radius 3 is 1.70 bits per heavy atom. The first kappa shape index (κ1) is 47.0. The van der Waals surface area contributed by atoms with Gasteiger partial charge in [-0.25, -0.2) is 38.3 Å². The van der Waals surface area contributed by atoms with Gasteiger partial charge in [-0.15, -0.1) is 0 Å². The number of alkyl carbamates (subject to hydrolysis) is 2. The van der Waals surface area contributed by atoms with Crippen LogP contribution in [0.3, 0.4) is 0 Å². The highest BCUT2D eigenvalue weighted by atomic mass is 35.5. The van der Waals surface area contributed by atoms with Crippen molar-refractivity contribution in [1.29, 1.82) is 0 Å². The number of hydrogen-bond acceptors (Lipinski definition) is 10. The molecule has 2 saturated carbocycles. The molecule has 336 valence electrons. The number of rotatable bonds is 6. The number of amides is 2. The summed E-state index contributed by atoms with van der Waals surface area (Å²) in [5.41, 5.74) is 11.5. The minimum atomic E-state index is -0.526. The molecule has 0 spiro atoms. The minimum Gasteiger partial charge on any atom is -0.444 e. The van der Waals surface area contributed by atoms with Crippen LogP contribution in [-0.2, 0) is 22.3 Å². The Morgan fingerprint density at radius 1 is 0.683 bits per heavy atom. The molecule has 2 amide bonds. The van der Waals surface area contributed by atoms with Gasteiger partial charge in [-0.2, -0.15) is 0 Å². The maximum absolute atomic E-state index is 14.6. The molecule has 4 aliphatic rings. The van der Waals surface area contributed by atoms with Crippen LogP contribution in [0.4, 0.5) is 24.3 Å². The molecule has 5 N–H and O–H groups in total. The Kier molecular flexibility index (Phi) is 15.5. The van der Waals surface area contributed by atoms with Crippen LogP contribution in [0.5, 0.6) is 0 Å². The van der Waals surface area contributed by atoms with Crippen LogP contribution in [0.25, 0.3) is 11.1 Å². The van der Waals surface area contributed by atoms with E-state index in [0.29, 0.717) is 11.6 Å². The molecule has 0 unspecified atom stereocenters. The molecule has 2 aromatic heterocycles. The maximum atomic E-state index is 14.6. The van der Waals surface area contributed by atoms with Gasteiger partial charge >= 0.3 is 12.2 Å². The predicted molar refractivity (Wildman–Crippen MR) is 242 cm³/mol. The monoisotopic (exact) mass is 884 g/mol. The van der Waals surface area contributed by atoms with E-state index in [2.05, 4.69) is 42.0 Å². The third-order valence-electron chi connectivity index (χ3n) is 10.8. The van der Waals surface area contributed by atoms with Crippen LogP contribution in [0.2, 0.25) is 5.28 Å². The van der Waals surface area contributed by atoms with E-state index in [-0.39, 0.29) is 41.2 Å². The molecular formula is C48H59ClF2N8O4. The summed E-state index contributed by atoms with van der Waals surface area (Å²) in [6.45, 7) is 11.1. The summed E-state index contributed by atoms with van der Waals surface area (Å²) < 4.78 is 38.8. The summed E-state index contributed by atoms with van der Waals surface area (Å²) in [4.78, 5) is 39.8. The van der Waals surface area contributed by atoms with Crippen LogP contribution in [0, 0.1) is 11.6 Å². The molecule has 0 aliphatic heterocycles. The predicted octanol–water partition coefficient (Wildman–Crippen LogP) is 9.89. The smallest absolute Gasteiger partial charge is 0.407 e. The number of aromatic nitrogens is 4. The number of nitrogens with zero attached hydrogens (tertiary/aromatic N) is 4. The second-order valence-corrected chi connectivity index (χ2v) is 18.6. The maximum Gasteiger partial charge on any atom is 0.407 e. The molecule has 0 radical (unpaired) electrons. The summed E-state index contributed by atoms with van der Waals surface area (Å²) in [5.74, 6) is -0.469.